The summed E-state index contributed by atoms with van der Waals surface area (Å²) >= 11 is 0. The number of hydroxylamine groups is 1. The molecule has 0 aliphatic carbocycles. The van der Waals surface area contributed by atoms with Gasteiger partial charge >= 0.3 is 0 Å². The van der Waals surface area contributed by atoms with Gasteiger partial charge in [-0.25, -0.2) is 5.48 Å². The van der Waals surface area contributed by atoms with Crippen LogP contribution < -0.4 is 21.8 Å². The second-order valence-electron chi connectivity index (χ2n) is 8.55. The second-order valence-corrected chi connectivity index (χ2v) is 8.55. The van der Waals surface area contributed by atoms with E-state index in [0.29, 0.717) is 23.6 Å². The van der Waals surface area contributed by atoms with E-state index in [4.69, 9.17) is 10.9 Å². The van der Waals surface area contributed by atoms with Gasteiger partial charge in [-0.3, -0.25) is 19.6 Å². The third-order valence-electron chi connectivity index (χ3n) is 5.00. The summed E-state index contributed by atoms with van der Waals surface area (Å²) in [6.45, 7) is 5.34. The zero-order valence-electron chi connectivity index (χ0n) is 20.3. The molecule has 2 rings (SSSR count). The van der Waals surface area contributed by atoms with Crippen molar-refractivity contribution in [1.29, 1.82) is 0 Å². The molecule has 36 heavy (non-hydrogen) atoms. The molecule has 0 aliphatic heterocycles. The first-order valence-electron chi connectivity index (χ1n) is 11.3. The standard InChI is InChI=1S/C27H30N4O5/c1-17(2)16-23(28)26(34)29-22-14-10-20(11-15-22)7-5-4-6-19-8-12-21(13-9-19)25(33)30-24(18(3)32)27(35)31-36/h8-15,17-18,23-24,32,36H,16,28H2,1-3H3,(H,29,34)(H,30,33)(H,31,35). The minimum absolute atomic E-state index is 0.227. The Morgan fingerprint density at radius 2 is 1.42 bits per heavy atom. The third kappa shape index (κ3) is 8.90. The van der Waals surface area contributed by atoms with Crippen LogP contribution in [0.5, 0.6) is 0 Å². The van der Waals surface area contributed by atoms with Crippen molar-refractivity contribution >= 4 is 23.4 Å². The van der Waals surface area contributed by atoms with E-state index < -0.39 is 30.0 Å². The van der Waals surface area contributed by atoms with Crippen molar-refractivity contribution in [3.63, 3.8) is 0 Å². The number of aliphatic hydroxyl groups excluding tert-OH is 1. The fourth-order valence-corrected chi connectivity index (χ4v) is 3.10. The van der Waals surface area contributed by atoms with Gasteiger partial charge in [-0.15, -0.1) is 0 Å². The van der Waals surface area contributed by atoms with Crippen molar-refractivity contribution in [1.82, 2.24) is 10.8 Å². The van der Waals surface area contributed by atoms with E-state index in [9.17, 15) is 19.5 Å². The summed E-state index contributed by atoms with van der Waals surface area (Å²) in [5.41, 5.74) is 9.53. The number of nitrogens with one attached hydrogen (secondary N) is 3. The predicted molar refractivity (Wildman–Crippen MR) is 136 cm³/mol. The van der Waals surface area contributed by atoms with Crippen LogP contribution in [0.4, 0.5) is 5.69 Å². The van der Waals surface area contributed by atoms with Gasteiger partial charge in [0.05, 0.1) is 12.1 Å². The highest BCUT2D eigenvalue weighted by atomic mass is 16.5. The predicted octanol–water partition coefficient (Wildman–Crippen LogP) is 1.39. The SMILES string of the molecule is CC(C)CC(N)C(=O)Nc1ccc(C#CC#Cc2ccc(C(=O)NC(C(=O)NO)C(C)O)cc2)cc1. The number of aliphatic hydroxyl groups is 1. The summed E-state index contributed by atoms with van der Waals surface area (Å²) in [5.74, 6) is 9.86. The molecule has 0 saturated carbocycles. The number of rotatable bonds is 8. The highest BCUT2D eigenvalue weighted by Crippen LogP contribution is 2.11. The van der Waals surface area contributed by atoms with E-state index in [0.717, 1.165) is 5.56 Å². The molecule has 7 N–H and O–H groups in total. The molecule has 2 aromatic rings. The van der Waals surface area contributed by atoms with Gasteiger partial charge in [0.2, 0.25) is 5.91 Å². The average molecular weight is 491 g/mol. The summed E-state index contributed by atoms with van der Waals surface area (Å²) in [5, 5.41) is 23.5. The summed E-state index contributed by atoms with van der Waals surface area (Å²) < 4.78 is 0. The lowest BCUT2D eigenvalue weighted by Crippen LogP contribution is -2.51. The molecule has 0 fully saturated rings. The lowest BCUT2D eigenvalue weighted by Gasteiger charge is -2.19. The molecule has 188 valence electrons. The van der Waals surface area contributed by atoms with Crippen LogP contribution in [-0.2, 0) is 9.59 Å². The number of amides is 3. The normalized spacial score (nSPS) is 12.6. The molecule has 3 unspecified atom stereocenters. The Balaban J connectivity index is 1.95. The van der Waals surface area contributed by atoms with E-state index in [-0.39, 0.29) is 11.5 Å². The quantitative estimate of drug-likeness (QED) is 0.187. The zero-order chi connectivity index (χ0) is 26.7. The number of benzene rings is 2. The maximum atomic E-state index is 12.3. The molecule has 0 aromatic heterocycles. The fourth-order valence-electron chi connectivity index (χ4n) is 3.10. The van der Waals surface area contributed by atoms with Crippen LogP contribution in [0.3, 0.4) is 0 Å². The van der Waals surface area contributed by atoms with Gasteiger partial charge in [-0.05, 0) is 79.6 Å². The molecule has 9 heteroatoms. The molecule has 0 spiro atoms. The largest absolute Gasteiger partial charge is 0.391 e. The van der Waals surface area contributed by atoms with Crippen LogP contribution in [0.15, 0.2) is 48.5 Å². The Hall–Kier alpha value is -4.15. The number of carbonyl (C=O) groups excluding carboxylic acids is 3. The molecule has 0 radical (unpaired) electrons. The lowest BCUT2D eigenvalue weighted by molar-refractivity contribution is -0.133. The summed E-state index contributed by atoms with van der Waals surface area (Å²) in [4.78, 5) is 36.0. The van der Waals surface area contributed by atoms with Gasteiger partial charge in [-0.2, -0.15) is 0 Å². The Morgan fingerprint density at radius 3 is 1.89 bits per heavy atom. The molecule has 9 nitrogen and oxygen atoms in total. The summed E-state index contributed by atoms with van der Waals surface area (Å²) in [6, 6.07) is 11.4. The zero-order valence-corrected chi connectivity index (χ0v) is 20.3. The van der Waals surface area contributed by atoms with E-state index in [1.807, 2.05) is 13.8 Å². The molecular weight excluding hydrogens is 460 g/mol. The molecule has 3 amide bonds. The van der Waals surface area contributed by atoms with Crippen LogP contribution in [0.1, 0.15) is 48.7 Å². The fraction of sp³-hybridized carbons (Fsp3) is 0.296. The monoisotopic (exact) mass is 490 g/mol. The van der Waals surface area contributed by atoms with E-state index in [1.165, 1.54) is 24.5 Å². The number of hydrogen-bond donors (Lipinski definition) is 6. The molecule has 2 aromatic carbocycles. The highest BCUT2D eigenvalue weighted by molar-refractivity contribution is 5.97. The molecule has 3 atom stereocenters. The van der Waals surface area contributed by atoms with Crippen molar-refractivity contribution in [2.75, 3.05) is 5.32 Å². The Morgan fingerprint density at radius 1 is 0.889 bits per heavy atom. The number of hydrogen-bond acceptors (Lipinski definition) is 6. The molecule has 0 bridgehead atoms. The summed E-state index contributed by atoms with van der Waals surface area (Å²) in [6.07, 6.45) is -0.593. The molecule has 0 aliphatic rings. The van der Waals surface area contributed by atoms with Crippen LogP contribution >= 0.6 is 0 Å². The van der Waals surface area contributed by atoms with Gasteiger partial charge in [-0.1, -0.05) is 25.7 Å². The van der Waals surface area contributed by atoms with Crippen molar-refractivity contribution in [2.45, 2.75) is 45.4 Å². The van der Waals surface area contributed by atoms with E-state index >= 15 is 0 Å². The van der Waals surface area contributed by atoms with Crippen molar-refractivity contribution in [3.05, 3.63) is 65.2 Å². The van der Waals surface area contributed by atoms with Gasteiger partial charge < -0.3 is 21.5 Å². The molecular formula is C27H30N4O5. The maximum Gasteiger partial charge on any atom is 0.268 e. The second kappa shape index (κ2) is 13.7. The topological polar surface area (TPSA) is 154 Å². The van der Waals surface area contributed by atoms with Crippen molar-refractivity contribution < 1.29 is 24.7 Å². The minimum atomic E-state index is -1.30. The summed E-state index contributed by atoms with van der Waals surface area (Å²) in [7, 11) is 0. The van der Waals surface area contributed by atoms with E-state index in [1.54, 1.807) is 36.4 Å². The van der Waals surface area contributed by atoms with Gasteiger partial charge in [0.25, 0.3) is 11.8 Å². The average Bonchev–Trinajstić information content (AvgIpc) is 2.85. The van der Waals surface area contributed by atoms with Gasteiger partial charge in [0.15, 0.2) is 0 Å². The van der Waals surface area contributed by atoms with Crippen LogP contribution in [0.25, 0.3) is 0 Å². The first-order valence-corrected chi connectivity index (χ1v) is 11.3. The van der Waals surface area contributed by atoms with Crippen LogP contribution in [0, 0.1) is 29.6 Å². The van der Waals surface area contributed by atoms with Crippen molar-refractivity contribution in [2.24, 2.45) is 11.7 Å². The minimum Gasteiger partial charge on any atom is -0.391 e. The Bertz CT molecular complexity index is 1180. The Labute approximate surface area is 210 Å². The molecule has 0 saturated heterocycles. The first kappa shape index (κ1) is 28.1. The Kier molecular flexibility index (Phi) is 10.7. The first-order chi connectivity index (χ1) is 17.1. The third-order valence-corrected chi connectivity index (χ3v) is 5.00. The lowest BCUT2D eigenvalue weighted by atomic mass is 10.0. The maximum absolute atomic E-state index is 12.3. The highest BCUT2D eigenvalue weighted by Gasteiger charge is 2.25. The number of anilines is 1. The van der Waals surface area contributed by atoms with E-state index in [2.05, 4.69) is 34.3 Å². The molecule has 0 heterocycles. The van der Waals surface area contributed by atoms with Crippen LogP contribution in [-0.4, -0.2) is 46.2 Å². The van der Waals surface area contributed by atoms with Gasteiger partial charge in [0.1, 0.15) is 6.04 Å². The van der Waals surface area contributed by atoms with Crippen molar-refractivity contribution in [3.8, 4) is 23.7 Å². The number of nitrogens with two attached hydrogens (primary N) is 1. The van der Waals surface area contributed by atoms with Crippen LogP contribution in [0.2, 0.25) is 0 Å². The van der Waals surface area contributed by atoms with Gasteiger partial charge in [0, 0.05) is 22.4 Å². The number of carbonyl (C=O) groups is 3. The smallest absolute Gasteiger partial charge is 0.268 e.